The summed E-state index contributed by atoms with van der Waals surface area (Å²) in [5, 5.41) is 9.42. The molecule has 2 rings (SSSR count). The van der Waals surface area contributed by atoms with Gasteiger partial charge in [-0.15, -0.1) is 0 Å². The number of carboxylic acids is 1. The van der Waals surface area contributed by atoms with Crippen LogP contribution in [0.4, 0.5) is 5.69 Å². The summed E-state index contributed by atoms with van der Waals surface area (Å²) in [5.41, 5.74) is 0.951. The Balaban J connectivity index is 2.63. The minimum atomic E-state index is -4.10. The molecule has 2 aromatic carbocycles. The van der Waals surface area contributed by atoms with Gasteiger partial charge in [0.05, 0.1) is 17.7 Å². The van der Waals surface area contributed by atoms with Crippen LogP contribution in [0.15, 0.2) is 47.4 Å². The van der Waals surface area contributed by atoms with Crippen molar-refractivity contribution in [3.63, 3.8) is 0 Å². The first-order valence-corrected chi connectivity index (χ1v) is 8.72. The highest BCUT2D eigenvalue weighted by molar-refractivity contribution is 7.92. The van der Waals surface area contributed by atoms with Gasteiger partial charge in [0, 0.05) is 5.02 Å². The molecule has 0 fully saturated rings. The predicted molar refractivity (Wildman–Crippen MR) is 91.4 cm³/mol. The minimum Gasteiger partial charge on any atom is -0.495 e. The van der Waals surface area contributed by atoms with Crippen LogP contribution in [0, 0.1) is 6.92 Å². The van der Waals surface area contributed by atoms with Gasteiger partial charge in [-0.05, 0) is 37.3 Å². The fourth-order valence-corrected chi connectivity index (χ4v) is 3.70. The molecule has 6 nitrogen and oxygen atoms in total. The van der Waals surface area contributed by atoms with Crippen molar-refractivity contribution in [1.82, 2.24) is 0 Å². The lowest BCUT2D eigenvalue weighted by atomic mass is 10.2. The minimum absolute atomic E-state index is 0.0172. The average molecular weight is 370 g/mol. The number of ether oxygens (including phenoxy) is 1. The van der Waals surface area contributed by atoms with Crippen LogP contribution in [-0.2, 0) is 14.8 Å². The summed E-state index contributed by atoms with van der Waals surface area (Å²) in [4.78, 5) is 11.2. The molecule has 0 unspecified atom stereocenters. The number of hydrogen-bond acceptors (Lipinski definition) is 4. The van der Waals surface area contributed by atoms with E-state index in [-0.39, 0.29) is 21.4 Å². The van der Waals surface area contributed by atoms with Crippen molar-refractivity contribution in [2.24, 2.45) is 0 Å². The number of carboxylic acid groups (broad SMARTS) is 1. The van der Waals surface area contributed by atoms with Crippen LogP contribution in [0.3, 0.4) is 0 Å². The Morgan fingerprint density at radius 2 is 1.83 bits per heavy atom. The number of benzene rings is 2. The Morgan fingerprint density at radius 3 is 2.38 bits per heavy atom. The van der Waals surface area contributed by atoms with Crippen molar-refractivity contribution in [2.75, 3.05) is 18.0 Å². The molecule has 0 radical (unpaired) electrons. The van der Waals surface area contributed by atoms with E-state index in [1.54, 1.807) is 12.1 Å². The molecule has 24 heavy (non-hydrogen) atoms. The molecule has 0 saturated heterocycles. The zero-order valence-electron chi connectivity index (χ0n) is 13.1. The SMILES string of the molecule is COc1ccc(Cl)cc1N(CC(=O)O)S(=O)(=O)c1ccc(C)cc1. The van der Waals surface area contributed by atoms with Crippen molar-refractivity contribution >= 4 is 33.3 Å². The molecule has 1 N–H and O–H groups in total. The van der Waals surface area contributed by atoms with Crippen molar-refractivity contribution < 1.29 is 23.1 Å². The predicted octanol–water partition coefficient (Wildman–Crippen LogP) is 2.94. The molecular formula is C16H16ClNO5S. The summed E-state index contributed by atoms with van der Waals surface area (Å²) in [5.74, 6) is -1.09. The molecule has 0 heterocycles. The Morgan fingerprint density at radius 1 is 1.21 bits per heavy atom. The average Bonchev–Trinajstić information content (AvgIpc) is 2.52. The lowest BCUT2D eigenvalue weighted by Gasteiger charge is -2.24. The normalized spacial score (nSPS) is 11.1. The summed E-state index contributed by atoms with van der Waals surface area (Å²) in [6.07, 6.45) is 0. The lowest BCUT2D eigenvalue weighted by molar-refractivity contribution is -0.135. The zero-order valence-corrected chi connectivity index (χ0v) is 14.6. The van der Waals surface area contributed by atoms with Gasteiger partial charge in [-0.3, -0.25) is 9.10 Å². The van der Waals surface area contributed by atoms with Crippen LogP contribution >= 0.6 is 11.6 Å². The van der Waals surface area contributed by atoms with Gasteiger partial charge in [-0.2, -0.15) is 0 Å². The number of aliphatic carboxylic acids is 1. The summed E-state index contributed by atoms with van der Waals surface area (Å²) < 4.78 is 31.8. The molecule has 0 aliphatic carbocycles. The number of aryl methyl sites for hydroxylation is 1. The second kappa shape index (κ2) is 7.11. The van der Waals surface area contributed by atoms with Crippen molar-refractivity contribution in [3.05, 3.63) is 53.1 Å². The molecular weight excluding hydrogens is 354 g/mol. The summed E-state index contributed by atoms with van der Waals surface area (Å²) in [7, 11) is -2.74. The number of carbonyl (C=O) groups is 1. The van der Waals surface area contributed by atoms with Gasteiger partial charge < -0.3 is 9.84 Å². The molecule has 0 atom stereocenters. The molecule has 0 spiro atoms. The van der Waals surface area contributed by atoms with Gasteiger partial charge in [0.25, 0.3) is 10.0 Å². The van der Waals surface area contributed by atoms with Gasteiger partial charge in [-0.25, -0.2) is 8.42 Å². The Bertz CT molecular complexity index is 849. The number of methoxy groups -OCH3 is 1. The number of anilines is 1. The Hall–Kier alpha value is -2.25. The third kappa shape index (κ3) is 3.80. The van der Waals surface area contributed by atoms with E-state index in [1.165, 1.54) is 37.4 Å². The van der Waals surface area contributed by atoms with E-state index in [0.29, 0.717) is 0 Å². The Kier molecular flexibility index (Phi) is 5.36. The maximum atomic E-state index is 12.9. The standard InChI is InChI=1S/C16H16ClNO5S/c1-11-3-6-13(7-4-11)24(21,22)18(10-16(19)20)14-9-12(17)5-8-15(14)23-2/h3-9H,10H2,1-2H3,(H,19,20). The summed E-state index contributed by atoms with van der Waals surface area (Å²) >= 11 is 5.95. The van der Waals surface area contributed by atoms with E-state index in [2.05, 4.69) is 0 Å². The molecule has 0 saturated carbocycles. The Labute approximate surface area is 145 Å². The molecule has 0 bridgehead atoms. The van der Waals surface area contributed by atoms with E-state index in [1.807, 2.05) is 6.92 Å². The van der Waals surface area contributed by atoms with Gasteiger partial charge in [0.1, 0.15) is 12.3 Å². The number of rotatable bonds is 6. The molecule has 0 aliphatic rings. The van der Waals surface area contributed by atoms with Crippen LogP contribution in [-0.4, -0.2) is 33.1 Å². The van der Waals surface area contributed by atoms with E-state index in [9.17, 15) is 13.2 Å². The van der Waals surface area contributed by atoms with E-state index < -0.39 is 22.5 Å². The molecule has 2 aromatic rings. The first-order chi connectivity index (χ1) is 11.3. The maximum absolute atomic E-state index is 12.9. The van der Waals surface area contributed by atoms with Crippen LogP contribution in [0.25, 0.3) is 0 Å². The second-order valence-corrected chi connectivity index (χ2v) is 7.33. The van der Waals surface area contributed by atoms with Crippen molar-refractivity contribution in [2.45, 2.75) is 11.8 Å². The first kappa shape index (κ1) is 18.1. The topological polar surface area (TPSA) is 83.9 Å². The molecule has 128 valence electrons. The van der Waals surface area contributed by atoms with Crippen molar-refractivity contribution in [3.8, 4) is 5.75 Å². The van der Waals surface area contributed by atoms with E-state index in [4.69, 9.17) is 21.4 Å². The van der Waals surface area contributed by atoms with E-state index >= 15 is 0 Å². The van der Waals surface area contributed by atoms with Gasteiger partial charge >= 0.3 is 5.97 Å². The van der Waals surface area contributed by atoms with E-state index in [0.717, 1.165) is 9.87 Å². The molecule has 0 aliphatic heterocycles. The number of halogens is 1. The second-order valence-electron chi connectivity index (χ2n) is 5.03. The fraction of sp³-hybridized carbons (Fsp3) is 0.188. The lowest BCUT2D eigenvalue weighted by Crippen LogP contribution is -2.36. The number of nitrogens with zero attached hydrogens (tertiary/aromatic N) is 1. The van der Waals surface area contributed by atoms with Gasteiger partial charge in [0.2, 0.25) is 0 Å². The highest BCUT2D eigenvalue weighted by Crippen LogP contribution is 2.34. The largest absolute Gasteiger partial charge is 0.495 e. The zero-order chi connectivity index (χ0) is 17.9. The van der Waals surface area contributed by atoms with Crippen LogP contribution in [0.5, 0.6) is 5.75 Å². The molecule has 0 amide bonds. The number of sulfonamides is 1. The molecule has 8 heteroatoms. The third-order valence-corrected chi connectivity index (χ3v) is 5.31. The van der Waals surface area contributed by atoms with Crippen LogP contribution < -0.4 is 9.04 Å². The quantitative estimate of drug-likeness (QED) is 0.846. The summed E-state index contributed by atoms with van der Waals surface area (Å²) in [6.45, 7) is 1.07. The maximum Gasteiger partial charge on any atom is 0.324 e. The first-order valence-electron chi connectivity index (χ1n) is 6.90. The van der Waals surface area contributed by atoms with Crippen molar-refractivity contribution in [1.29, 1.82) is 0 Å². The highest BCUT2D eigenvalue weighted by Gasteiger charge is 2.29. The van der Waals surface area contributed by atoms with Gasteiger partial charge in [-0.1, -0.05) is 29.3 Å². The van der Waals surface area contributed by atoms with Crippen LogP contribution in [0.1, 0.15) is 5.56 Å². The third-order valence-electron chi connectivity index (χ3n) is 3.30. The monoisotopic (exact) mass is 369 g/mol. The number of hydrogen-bond donors (Lipinski definition) is 1. The highest BCUT2D eigenvalue weighted by atomic mass is 35.5. The van der Waals surface area contributed by atoms with Gasteiger partial charge in [0.15, 0.2) is 0 Å². The fourth-order valence-electron chi connectivity index (χ4n) is 2.12. The summed E-state index contributed by atoms with van der Waals surface area (Å²) in [6, 6.07) is 10.5. The van der Waals surface area contributed by atoms with Crippen LogP contribution in [0.2, 0.25) is 5.02 Å². The smallest absolute Gasteiger partial charge is 0.324 e. The molecule has 0 aromatic heterocycles.